The van der Waals surface area contributed by atoms with Crippen molar-refractivity contribution in [3.63, 3.8) is 0 Å². The molecule has 6 nitrogen and oxygen atoms in total. The molecule has 3 aromatic rings. The highest BCUT2D eigenvalue weighted by Gasteiger charge is 2.20. The van der Waals surface area contributed by atoms with E-state index in [1.807, 2.05) is 26.0 Å². The molecular weight excluding hydrogens is 386 g/mol. The molecule has 0 aliphatic heterocycles. The predicted molar refractivity (Wildman–Crippen MR) is 117 cm³/mol. The largest absolute Gasteiger partial charge is 0.325 e. The molecule has 1 N–H and O–H groups in total. The van der Waals surface area contributed by atoms with Crippen LogP contribution in [0, 0.1) is 0 Å². The molecule has 29 heavy (non-hydrogen) atoms. The van der Waals surface area contributed by atoms with Crippen LogP contribution in [-0.2, 0) is 4.79 Å². The Bertz CT molecular complexity index is 1120. The van der Waals surface area contributed by atoms with E-state index < -0.39 is 5.25 Å². The number of para-hydroxylation sites is 1. The monoisotopic (exact) mass is 409 g/mol. The zero-order valence-electron chi connectivity index (χ0n) is 16.8. The van der Waals surface area contributed by atoms with Gasteiger partial charge in [-0.05, 0) is 64.1 Å². The Balaban J connectivity index is 1.84. The third-order valence-corrected chi connectivity index (χ3v) is 5.57. The van der Waals surface area contributed by atoms with Gasteiger partial charge in [0.1, 0.15) is 0 Å². The number of amides is 1. The number of anilines is 1. The van der Waals surface area contributed by atoms with Crippen LogP contribution in [0.3, 0.4) is 0 Å². The van der Waals surface area contributed by atoms with Crippen LogP contribution in [0.25, 0.3) is 10.9 Å². The summed E-state index contributed by atoms with van der Waals surface area (Å²) in [6.07, 6.45) is 0. The van der Waals surface area contributed by atoms with Crippen LogP contribution in [0.1, 0.15) is 44.1 Å². The van der Waals surface area contributed by atoms with Gasteiger partial charge >= 0.3 is 0 Å². The molecule has 1 amide bonds. The van der Waals surface area contributed by atoms with E-state index in [0.29, 0.717) is 27.3 Å². The lowest BCUT2D eigenvalue weighted by molar-refractivity contribution is -0.115. The van der Waals surface area contributed by atoms with Crippen molar-refractivity contribution in [2.75, 3.05) is 5.32 Å². The van der Waals surface area contributed by atoms with Gasteiger partial charge in [-0.3, -0.25) is 19.0 Å². The first-order valence-corrected chi connectivity index (χ1v) is 10.3. The Labute approximate surface area is 173 Å². The standard InChI is InChI=1S/C22H23N3O3S/c1-13(2)25-21(28)18-7-5-6-8-19(18)24-22(25)29-15(4)20(27)23-17-11-9-16(10-12-17)14(3)26/h5-13,15H,1-4H3,(H,23,27)/t15-/m0/s1. The number of hydrogen-bond donors (Lipinski definition) is 1. The Kier molecular flexibility index (Phi) is 6.17. The van der Waals surface area contributed by atoms with E-state index in [2.05, 4.69) is 10.3 Å². The Hall–Kier alpha value is -2.93. The van der Waals surface area contributed by atoms with Crippen molar-refractivity contribution >= 4 is 40.0 Å². The van der Waals surface area contributed by atoms with Gasteiger partial charge in [0.05, 0.1) is 16.2 Å². The number of ketones is 1. The second kappa shape index (κ2) is 8.61. The fraction of sp³-hybridized carbons (Fsp3) is 0.273. The molecule has 1 atom stereocenters. The van der Waals surface area contributed by atoms with Crippen molar-refractivity contribution in [3.8, 4) is 0 Å². The van der Waals surface area contributed by atoms with Gasteiger partial charge < -0.3 is 5.32 Å². The summed E-state index contributed by atoms with van der Waals surface area (Å²) in [5, 5.41) is 3.45. The summed E-state index contributed by atoms with van der Waals surface area (Å²) in [7, 11) is 0. The quantitative estimate of drug-likeness (QED) is 0.373. The minimum absolute atomic E-state index is 0.0270. The zero-order valence-corrected chi connectivity index (χ0v) is 17.6. The van der Waals surface area contributed by atoms with Crippen molar-refractivity contribution in [1.29, 1.82) is 0 Å². The van der Waals surface area contributed by atoms with Crippen molar-refractivity contribution in [3.05, 3.63) is 64.4 Å². The van der Waals surface area contributed by atoms with E-state index in [9.17, 15) is 14.4 Å². The number of carbonyl (C=O) groups is 2. The molecule has 0 saturated carbocycles. The van der Waals surface area contributed by atoms with Crippen LogP contribution < -0.4 is 10.9 Å². The number of hydrogen-bond acceptors (Lipinski definition) is 5. The van der Waals surface area contributed by atoms with E-state index in [1.54, 1.807) is 47.9 Å². The molecular formula is C22H23N3O3S. The van der Waals surface area contributed by atoms with Gasteiger partial charge in [-0.1, -0.05) is 23.9 Å². The lowest BCUT2D eigenvalue weighted by Crippen LogP contribution is -2.28. The van der Waals surface area contributed by atoms with E-state index in [1.165, 1.54) is 18.7 Å². The highest BCUT2D eigenvalue weighted by molar-refractivity contribution is 8.00. The number of fused-ring (bicyclic) bond motifs is 1. The Morgan fingerprint density at radius 1 is 1.03 bits per heavy atom. The Morgan fingerprint density at radius 3 is 2.31 bits per heavy atom. The molecule has 2 aromatic carbocycles. The summed E-state index contributed by atoms with van der Waals surface area (Å²) in [5.74, 6) is -0.232. The van der Waals surface area contributed by atoms with Gasteiger partial charge in [0.2, 0.25) is 5.91 Å². The first-order chi connectivity index (χ1) is 13.8. The molecule has 1 aromatic heterocycles. The maximum Gasteiger partial charge on any atom is 0.262 e. The predicted octanol–water partition coefficient (Wildman–Crippen LogP) is 4.30. The number of aromatic nitrogens is 2. The molecule has 7 heteroatoms. The van der Waals surface area contributed by atoms with Crippen molar-refractivity contribution < 1.29 is 9.59 Å². The molecule has 0 saturated heterocycles. The summed E-state index contributed by atoms with van der Waals surface area (Å²) in [6.45, 7) is 7.11. The minimum atomic E-state index is -0.472. The molecule has 0 aliphatic rings. The van der Waals surface area contributed by atoms with Crippen LogP contribution in [0.5, 0.6) is 0 Å². The zero-order chi connectivity index (χ0) is 21.1. The smallest absolute Gasteiger partial charge is 0.262 e. The second-order valence-corrected chi connectivity index (χ2v) is 8.37. The number of thioether (sulfide) groups is 1. The number of nitrogens with zero attached hydrogens (tertiary/aromatic N) is 2. The lowest BCUT2D eigenvalue weighted by Gasteiger charge is -2.18. The van der Waals surface area contributed by atoms with Crippen LogP contribution in [-0.4, -0.2) is 26.5 Å². The van der Waals surface area contributed by atoms with Crippen LogP contribution in [0.2, 0.25) is 0 Å². The number of carbonyl (C=O) groups excluding carboxylic acids is 2. The van der Waals surface area contributed by atoms with Gasteiger partial charge in [0, 0.05) is 17.3 Å². The molecule has 0 unspecified atom stereocenters. The van der Waals surface area contributed by atoms with Crippen molar-refractivity contribution in [2.45, 2.75) is 44.1 Å². The van der Waals surface area contributed by atoms with Gasteiger partial charge in [-0.25, -0.2) is 4.98 Å². The molecule has 1 heterocycles. The van der Waals surface area contributed by atoms with E-state index >= 15 is 0 Å². The fourth-order valence-corrected chi connectivity index (χ4v) is 3.95. The number of rotatable bonds is 6. The summed E-state index contributed by atoms with van der Waals surface area (Å²) in [4.78, 5) is 41.6. The summed E-state index contributed by atoms with van der Waals surface area (Å²) >= 11 is 1.25. The van der Waals surface area contributed by atoms with Gasteiger partial charge in [-0.15, -0.1) is 0 Å². The second-order valence-electron chi connectivity index (χ2n) is 7.06. The number of benzene rings is 2. The third kappa shape index (κ3) is 4.56. The van der Waals surface area contributed by atoms with Crippen LogP contribution in [0.4, 0.5) is 5.69 Å². The van der Waals surface area contributed by atoms with Crippen molar-refractivity contribution in [2.24, 2.45) is 0 Å². The average Bonchev–Trinajstić information content (AvgIpc) is 2.68. The van der Waals surface area contributed by atoms with Crippen molar-refractivity contribution in [1.82, 2.24) is 9.55 Å². The molecule has 3 rings (SSSR count). The van der Waals surface area contributed by atoms with E-state index in [0.717, 1.165) is 0 Å². The van der Waals surface area contributed by atoms with E-state index in [4.69, 9.17) is 0 Å². The highest BCUT2D eigenvalue weighted by Crippen LogP contribution is 2.25. The highest BCUT2D eigenvalue weighted by atomic mass is 32.2. The maximum atomic E-state index is 12.9. The van der Waals surface area contributed by atoms with Gasteiger partial charge in [0.25, 0.3) is 5.56 Å². The molecule has 150 valence electrons. The molecule has 0 aliphatic carbocycles. The maximum absolute atomic E-state index is 12.9. The molecule has 0 spiro atoms. The van der Waals surface area contributed by atoms with Gasteiger partial charge in [-0.2, -0.15) is 0 Å². The summed E-state index contributed by atoms with van der Waals surface area (Å²) in [5.41, 5.74) is 1.71. The normalized spacial score (nSPS) is 12.2. The first kappa shape index (κ1) is 20.8. The Morgan fingerprint density at radius 2 is 1.69 bits per heavy atom. The third-order valence-electron chi connectivity index (χ3n) is 4.50. The van der Waals surface area contributed by atoms with Crippen LogP contribution in [0.15, 0.2) is 58.5 Å². The first-order valence-electron chi connectivity index (χ1n) is 9.37. The number of Topliss-reactive ketones (excluding diaryl/α,β-unsaturated/α-hetero) is 1. The number of nitrogens with one attached hydrogen (secondary N) is 1. The lowest BCUT2D eigenvalue weighted by atomic mass is 10.1. The molecule has 0 fully saturated rings. The van der Waals surface area contributed by atoms with E-state index in [-0.39, 0.29) is 23.3 Å². The summed E-state index contributed by atoms with van der Waals surface area (Å²) in [6, 6.07) is 13.9. The average molecular weight is 410 g/mol. The SMILES string of the molecule is CC(=O)c1ccc(NC(=O)[C@H](C)Sc2nc3ccccc3c(=O)n2C(C)C)cc1. The summed E-state index contributed by atoms with van der Waals surface area (Å²) < 4.78 is 1.62. The minimum Gasteiger partial charge on any atom is -0.325 e. The van der Waals surface area contributed by atoms with Gasteiger partial charge in [0.15, 0.2) is 10.9 Å². The topological polar surface area (TPSA) is 81.1 Å². The van der Waals surface area contributed by atoms with Crippen LogP contribution >= 0.6 is 11.8 Å². The molecule has 0 radical (unpaired) electrons. The fourth-order valence-electron chi connectivity index (χ4n) is 2.91. The molecule has 0 bridgehead atoms.